The van der Waals surface area contributed by atoms with Crippen molar-refractivity contribution < 1.29 is 4.79 Å². The summed E-state index contributed by atoms with van der Waals surface area (Å²) in [4.78, 5) is 17.6. The Balaban J connectivity index is 0.00000242. The van der Waals surface area contributed by atoms with E-state index in [9.17, 15) is 4.79 Å². The molecule has 120 valence electrons. The smallest absolute Gasteiger partial charge is 0.224 e. The molecule has 0 radical (unpaired) electrons. The number of rotatable bonds is 5. The van der Waals surface area contributed by atoms with E-state index in [0.717, 1.165) is 21.1 Å². The Bertz CT molecular complexity index is 615. The fourth-order valence-corrected chi connectivity index (χ4v) is 3.12. The number of nitrogens with two attached hydrogens (primary N) is 1. The van der Waals surface area contributed by atoms with E-state index in [0.29, 0.717) is 6.54 Å². The van der Waals surface area contributed by atoms with Crippen LogP contribution < -0.4 is 11.1 Å². The van der Waals surface area contributed by atoms with Gasteiger partial charge in [-0.3, -0.25) is 4.79 Å². The van der Waals surface area contributed by atoms with Crippen LogP contribution in [0.4, 0.5) is 0 Å². The van der Waals surface area contributed by atoms with Gasteiger partial charge in [0.25, 0.3) is 0 Å². The lowest BCUT2D eigenvalue weighted by molar-refractivity contribution is -0.124. The van der Waals surface area contributed by atoms with E-state index >= 15 is 0 Å². The second kappa shape index (κ2) is 8.27. The van der Waals surface area contributed by atoms with E-state index in [-0.39, 0.29) is 30.3 Å². The van der Waals surface area contributed by atoms with Crippen LogP contribution in [0.25, 0.3) is 10.6 Å². The van der Waals surface area contributed by atoms with Crippen LogP contribution in [0.2, 0.25) is 0 Å². The Hall–Kier alpha value is -1.43. The Morgan fingerprint density at radius 3 is 2.55 bits per heavy atom. The molecular formula is C16H22ClN3OS. The van der Waals surface area contributed by atoms with Gasteiger partial charge in [0.05, 0.1) is 16.6 Å². The van der Waals surface area contributed by atoms with Crippen molar-refractivity contribution in [2.24, 2.45) is 11.7 Å². The maximum Gasteiger partial charge on any atom is 0.224 e. The highest BCUT2D eigenvalue weighted by molar-refractivity contribution is 7.15. The van der Waals surface area contributed by atoms with E-state index in [1.807, 2.05) is 51.1 Å². The minimum atomic E-state index is -0.172. The number of nitrogens with zero attached hydrogens (tertiary/aromatic N) is 1. The molecule has 0 saturated carbocycles. The average molecular weight is 340 g/mol. The van der Waals surface area contributed by atoms with Crippen molar-refractivity contribution in [2.75, 3.05) is 6.54 Å². The number of benzene rings is 1. The lowest BCUT2D eigenvalue weighted by Crippen LogP contribution is -2.34. The molecule has 0 bridgehead atoms. The van der Waals surface area contributed by atoms with Gasteiger partial charge in [-0.15, -0.1) is 23.7 Å². The van der Waals surface area contributed by atoms with Crippen molar-refractivity contribution in [3.05, 3.63) is 40.9 Å². The van der Waals surface area contributed by atoms with E-state index in [4.69, 9.17) is 5.73 Å². The molecule has 1 aromatic heterocycles. The maximum atomic E-state index is 11.9. The van der Waals surface area contributed by atoms with Gasteiger partial charge in [0.1, 0.15) is 5.01 Å². The monoisotopic (exact) mass is 339 g/mol. The molecule has 0 aliphatic carbocycles. The van der Waals surface area contributed by atoms with Gasteiger partial charge >= 0.3 is 0 Å². The molecule has 2 atom stereocenters. The maximum absolute atomic E-state index is 11.9. The third-order valence-electron chi connectivity index (χ3n) is 3.41. The van der Waals surface area contributed by atoms with Gasteiger partial charge in [-0.2, -0.15) is 0 Å². The van der Waals surface area contributed by atoms with Gasteiger partial charge in [-0.25, -0.2) is 4.98 Å². The van der Waals surface area contributed by atoms with Crippen LogP contribution in [0.1, 0.15) is 30.5 Å². The van der Waals surface area contributed by atoms with Crippen LogP contribution in [0, 0.1) is 12.8 Å². The zero-order valence-electron chi connectivity index (χ0n) is 13.0. The van der Waals surface area contributed by atoms with Crippen LogP contribution in [0.3, 0.4) is 0 Å². The summed E-state index contributed by atoms with van der Waals surface area (Å²) in [5.41, 5.74) is 7.59. The SMILES string of the molecule is Cc1nc(-c2ccccc2)sc1C(C)NC(=O)C(C)CN.Cl. The van der Waals surface area contributed by atoms with Crippen molar-refractivity contribution in [2.45, 2.75) is 26.8 Å². The van der Waals surface area contributed by atoms with Crippen molar-refractivity contribution in [1.82, 2.24) is 10.3 Å². The van der Waals surface area contributed by atoms with Gasteiger partial charge in [0.2, 0.25) is 5.91 Å². The van der Waals surface area contributed by atoms with Crippen molar-refractivity contribution in [1.29, 1.82) is 0 Å². The van der Waals surface area contributed by atoms with Gasteiger partial charge in [-0.05, 0) is 13.8 Å². The summed E-state index contributed by atoms with van der Waals surface area (Å²) in [5, 5.41) is 3.99. The number of hydrogen-bond donors (Lipinski definition) is 2. The van der Waals surface area contributed by atoms with Gasteiger partial charge in [-0.1, -0.05) is 37.3 Å². The number of carbonyl (C=O) groups excluding carboxylic acids is 1. The zero-order chi connectivity index (χ0) is 15.4. The van der Waals surface area contributed by atoms with Crippen molar-refractivity contribution in [3.63, 3.8) is 0 Å². The molecule has 1 heterocycles. The summed E-state index contributed by atoms with van der Waals surface area (Å²) < 4.78 is 0. The van der Waals surface area contributed by atoms with E-state index in [2.05, 4.69) is 10.3 Å². The number of carbonyl (C=O) groups is 1. The molecule has 2 unspecified atom stereocenters. The topological polar surface area (TPSA) is 68.0 Å². The van der Waals surface area contributed by atoms with Gasteiger partial charge in [0, 0.05) is 18.0 Å². The first kappa shape index (κ1) is 18.6. The first-order valence-electron chi connectivity index (χ1n) is 7.06. The molecular weight excluding hydrogens is 318 g/mol. The standard InChI is InChI=1S/C16H21N3OS.ClH/c1-10(9-17)15(20)18-11(2)14-12(3)19-16(21-14)13-7-5-4-6-8-13;/h4-8,10-11H,9,17H2,1-3H3,(H,18,20);1H. The molecule has 4 nitrogen and oxygen atoms in total. The number of aryl methyl sites for hydroxylation is 1. The number of amides is 1. The van der Waals surface area contributed by atoms with Crippen molar-refractivity contribution >= 4 is 29.7 Å². The summed E-state index contributed by atoms with van der Waals surface area (Å²) in [5.74, 6) is -0.187. The van der Waals surface area contributed by atoms with Crippen LogP contribution in [-0.2, 0) is 4.79 Å². The minimum Gasteiger partial charge on any atom is -0.348 e. The predicted octanol–water partition coefficient (Wildman–Crippen LogP) is 3.31. The number of aromatic nitrogens is 1. The molecule has 22 heavy (non-hydrogen) atoms. The fourth-order valence-electron chi connectivity index (χ4n) is 2.04. The molecule has 6 heteroatoms. The molecule has 1 aromatic carbocycles. The highest BCUT2D eigenvalue weighted by Gasteiger charge is 2.19. The van der Waals surface area contributed by atoms with E-state index in [1.54, 1.807) is 11.3 Å². The number of nitrogens with one attached hydrogen (secondary N) is 1. The lowest BCUT2D eigenvalue weighted by atomic mass is 10.1. The third kappa shape index (κ3) is 4.29. The average Bonchev–Trinajstić information content (AvgIpc) is 2.89. The summed E-state index contributed by atoms with van der Waals surface area (Å²) in [6.45, 7) is 6.15. The van der Waals surface area contributed by atoms with Crippen LogP contribution in [-0.4, -0.2) is 17.4 Å². The Labute approximate surface area is 141 Å². The Morgan fingerprint density at radius 1 is 1.32 bits per heavy atom. The lowest BCUT2D eigenvalue weighted by Gasteiger charge is -2.15. The first-order valence-corrected chi connectivity index (χ1v) is 7.87. The molecule has 2 rings (SSSR count). The molecule has 3 N–H and O–H groups in total. The number of hydrogen-bond acceptors (Lipinski definition) is 4. The normalized spacial score (nSPS) is 13.1. The Kier molecular flexibility index (Phi) is 7.00. The number of thiazole rings is 1. The predicted molar refractivity (Wildman–Crippen MR) is 94.3 cm³/mol. The second-order valence-electron chi connectivity index (χ2n) is 5.20. The largest absolute Gasteiger partial charge is 0.348 e. The Morgan fingerprint density at radius 2 is 1.95 bits per heavy atom. The van der Waals surface area contributed by atoms with Gasteiger partial charge < -0.3 is 11.1 Å². The zero-order valence-corrected chi connectivity index (χ0v) is 14.6. The molecule has 0 spiro atoms. The van der Waals surface area contributed by atoms with E-state index < -0.39 is 0 Å². The van der Waals surface area contributed by atoms with Crippen LogP contribution in [0.15, 0.2) is 30.3 Å². The summed E-state index contributed by atoms with van der Waals surface area (Å²) >= 11 is 1.62. The highest BCUT2D eigenvalue weighted by Crippen LogP contribution is 2.31. The number of halogens is 1. The molecule has 0 aliphatic heterocycles. The first-order chi connectivity index (χ1) is 10.0. The fraction of sp³-hybridized carbons (Fsp3) is 0.375. The summed E-state index contributed by atoms with van der Waals surface area (Å²) in [7, 11) is 0. The molecule has 0 aliphatic rings. The third-order valence-corrected chi connectivity index (χ3v) is 4.80. The van der Waals surface area contributed by atoms with E-state index in [1.165, 1.54) is 0 Å². The quantitative estimate of drug-likeness (QED) is 0.878. The highest BCUT2D eigenvalue weighted by atomic mass is 35.5. The van der Waals surface area contributed by atoms with Crippen LogP contribution >= 0.6 is 23.7 Å². The molecule has 0 fully saturated rings. The molecule has 2 aromatic rings. The van der Waals surface area contributed by atoms with Crippen LogP contribution in [0.5, 0.6) is 0 Å². The van der Waals surface area contributed by atoms with Crippen molar-refractivity contribution in [3.8, 4) is 10.6 Å². The summed E-state index contributed by atoms with van der Waals surface area (Å²) in [6.07, 6.45) is 0. The molecule has 0 saturated heterocycles. The minimum absolute atomic E-state index is 0. The summed E-state index contributed by atoms with van der Waals surface area (Å²) in [6, 6.07) is 10.0. The molecule has 1 amide bonds. The second-order valence-corrected chi connectivity index (χ2v) is 6.23. The van der Waals surface area contributed by atoms with Gasteiger partial charge in [0.15, 0.2) is 0 Å².